The number of halogens is 1. The number of carbonyl (C=O) groups excluding carboxylic acids is 2. The molecule has 2 amide bonds. The van der Waals surface area contributed by atoms with Crippen LogP contribution in [0, 0.1) is 0 Å². The monoisotopic (exact) mass is 390 g/mol. The molecule has 0 saturated heterocycles. The van der Waals surface area contributed by atoms with E-state index < -0.39 is 0 Å². The van der Waals surface area contributed by atoms with E-state index >= 15 is 0 Å². The molecule has 0 aromatic heterocycles. The largest absolute Gasteiger partial charge is 0.385 e. The van der Waals surface area contributed by atoms with Crippen molar-refractivity contribution in [1.82, 2.24) is 5.32 Å². The number of carbonyl (C=O) groups is 2. The summed E-state index contributed by atoms with van der Waals surface area (Å²) >= 11 is 3.35. The second-order valence-electron chi connectivity index (χ2n) is 5.14. The number of ether oxygens (including phenoxy) is 1. The van der Waals surface area contributed by atoms with Crippen LogP contribution in [0.1, 0.15) is 27.1 Å². The summed E-state index contributed by atoms with van der Waals surface area (Å²) in [6, 6.07) is 13.9. The third-order valence-corrected chi connectivity index (χ3v) is 3.85. The van der Waals surface area contributed by atoms with Gasteiger partial charge in [-0.3, -0.25) is 9.59 Å². The minimum Gasteiger partial charge on any atom is -0.385 e. The Labute approximate surface area is 149 Å². The lowest BCUT2D eigenvalue weighted by atomic mass is 10.1. The van der Waals surface area contributed by atoms with Gasteiger partial charge in [-0.1, -0.05) is 15.9 Å². The minimum absolute atomic E-state index is 0.161. The first-order valence-corrected chi connectivity index (χ1v) is 8.33. The summed E-state index contributed by atoms with van der Waals surface area (Å²) in [7, 11) is 1.62. The van der Waals surface area contributed by atoms with Crippen LogP contribution in [0.3, 0.4) is 0 Å². The van der Waals surface area contributed by atoms with Crippen molar-refractivity contribution in [3.05, 3.63) is 64.1 Å². The third-order valence-electron chi connectivity index (χ3n) is 3.32. The van der Waals surface area contributed by atoms with E-state index in [1.807, 2.05) is 24.3 Å². The maximum atomic E-state index is 12.2. The molecule has 2 aromatic carbocycles. The normalized spacial score (nSPS) is 10.2. The number of rotatable bonds is 7. The van der Waals surface area contributed by atoms with Gasteiger partial charge in [-0.25, -0.2) is 0 Å². The van der Waals surface area contributed by atoms with Crippen LogP contribution in [0.15, 0.2) is 53.0 Å². The molecule has 24 heavy (non-hydrogen) atoms. The highest BCUT2D eigenvalue weighted by molar-refractivity contribution is 9.10. The Hall–Kier alpha value is -2.18. The van der Waals surface area contributed by atoms with Gasteiger partial charge in [0.1, 0.15) is 0 Å². The van der Waals surface area contributed by atoms with Crippen LogP contribution >= 0.6 is 15.9 Å². The number of nitrogens with one attached hydrogen (secondary N) is 2. The highest BCUT2D eigenvalue weighted by atomic mass is 79.9. The first kappa shape index (κ1) is 18.2. The number of anilines is 1. The van der Waals surface area contributed by atoms with E-state index in [9.17, 15) is 9.59 Å². The van der Waals surface area contributed by atoms with Gasteiger partial charge in [0.2, 0.25) is 0 Å². The Morgan fingerprint density at radius 2 is 1.54 bits per heavy atom. The third kappa shape index (κ3) is 5.47. The zero-order chi connectivity index (χ0) is 17.4. The fraction of sp³-hybridized carbons (Fsp3) is 0.222. The molecule has 0 bridgehead atoms. The van der Waals surface area contributed by atoms with E-state index in [4.69, 9.17) is 4.74 Å². The van der Waals surface area contributed by atoms with Crippen LogP contribution in [0.2, 0.25) is 0 Å². The molecule has 0 unspecified atom stereocenters. The summed E-state index contributed by atoms with van der Waals surface area (Å²) in [6.45, 7) is 1.16. The highest BCUT2D eigenvalue weighted by Gasteiger charge is 2.09. The van der Waals surface area contributed by atoms with E-state index in [-0.39, 0.29) is 11.8 Å². The van der Waals surface area contributed by atoms with Gasteiger partial charge in [0.05, 0.1) is 0 Å². The first-order chi connectivity index (χ1) is 11.6. The summed E-state index contributed by atoms with van der Waals surface area (Å²) in [4.78, 5) is 24.1. The lowest BCUT2D eigenvalue weighted by Gasteiger charge is -2.07. The number of hydrogen-bond donors (Lipinski definition) is 2. The summed E-state index contributed by atoms with van der Waals surface area (Å²) in [5.74, 6) is -0.379. The van der Waals surface area contributed by atoms with Crippen LogP contribution in [0.25, 0.3) is 0 Å². The first-order valence-electron chi connectivity index (χ1n) is 7.54. The predicted molar refractivity (Wildman–Crippen MR) is 97.4 cm³/mol. The molecule has 0 spiro atoms. The van der Waals surface area contributed by atoms with Gasteiger partial charge in [-0.2, -0.15) is 0 Å². The molecule has 126 valence electrons. The van der Waals surface area contributed by atoms with Crippen molar-refractivity contribution < 1.29 is 14.3 Å². The smallest absolute Gasteiger partial charge is 0.255 e. The van der Waals surface area contributed by atoms with E-state index in [1.165, 1.54) is 0 Å². The van der Waals surface area contributed by atoms with Gasteiger partial charge in [-0.05, 0) is 55.0 Å². The topological polar surface area (TPSA) is 67.4 Å². The summed E-state index contributed by atoms with van der Waals surface area (Å²) < 4.78 is 5.87. The molecule has 0 aliphatic carbocycles. The summed E-state index contributed by atoms with van der Waals surface area (Å²) in [5.41, 5.74) is 1.73. The zero-order valence-electron chi connectivity index (χ0n) is 13.3. The Morgan fingerprint density at radius 1 is 0.958 bits per heavy atom. The van der Waals surface area contributed by atoms with Crippen molar-refractivity contribution in [2.45, 2.75) is 6.42 Å². The average molecular weight is 391 g/mol. The molecule has 0 atom stereocenters. The van der Waals surface area contributed by atoms with Crippen molar-refractivity contribution in [2.24, 2.45) is 0 Å². The fourth-order valence-electron chi connectivity index (χ4n) is 2.03. The average Bonchev–Trinajstić information content (AvgIpc) is 2.60. The highest BCUT2D eigenvalue weighted by Crippen LogP contribution is 2.15. The number of methoxy groups -OCH3 is 1. The molecular weight excluding hydrogens is 372 g/mol. The molecule has 2 aromatic rings. The maximum absolute atomic E-state index is 12.2. The van der Waals surface area contributed by atoms with Crippen molar-refractivity contribution in [1.29, 1.82) is 0 Å². The SMILES string of the molecule is COCCCNC(=O)c1ccc(C(=O)Nc2ccc(Br)cc2)cc1. The van der Waals surface area contributed by atoms with Crippen LogP contribution < -0.4 is 10.6 Å². The minimum atomic E-state index is -0.218. The number of hydrogen-bond acceptors (Lipinski definition) is 3. The van der Waals surface area contributed by atoms with Gasteiger partial charge in [0, 0.05) is 41.5 Å². The van der Waals surface area contributed by atoms with Gasteiger partial charge >= 0.3 is 0 Å². The molecular formula is C18H19BrN2O3. The predicted octanol–water partition coefficient (Wildman–Crippen LogP) is 3.47. The van der Waals surface area contributed by atoms with E-state index in [0.717, 1.165) is 10.9 Å². The summed E-state index contributed by atoms with van der Waals surface area (Å²) in [6.07, 6.45) is 0.760. The maximum Gasteiger partial charge on any atom is 0.255 e. The molecule has 0 aliphatic heterocycles. The Morgan fingerprint density at radius 3 is 2.12 bits per heavy atom. The second-order valence-corrected chi connectivity index (χ2v) is 6.06. The molecule has 0 fully saturated rings. The molecule has 0 heterocycles. The van der Waals surface area contributed by atoms with Gasteiger partial charge in [-0.15, -0.1) is 0 Å². The van der Waals surface area contributed by atoms with Gasteiger partial charge in [0.15, 0.2) is 0 Å². The van der Waals surface area contributed by atoms with Crippen LogP contribution in [0.5, 0.6) is 0 Å². The number of amides is 2. The number of benzene rings is 2. The van der Waals surface area contributed by atoms with Crippen molar-refractivity contribution in [2.75, 3.05) is 25.6 Å². The van der Waals surface area contributed by atoms with Gasteiger partial charge < -0.3 is 15.4 Å². The van der Waals surface area contributed by atoms with Crippen molar-refractivity contribution in [3.8, 4) is 0 Å². The molecule has 6 heteroatoms. The Bertz CT molecular complexity index is 684. The van der Waals surface area contributed by atoms with E-state index in [1.54, 1.807) is 31.4 Å². The summed E-state index contributed by atoms with van der Waals surface area (Å²) in [5, 5.41) is 5.61. The van der Waals surface area contributed by atoms with Crippen LogP contribution in [-0.2, 0) is 4.74 Å². The second kappa shape index (κ2) is 9.20. The molecule has 0 radical (unpaired) electrons. The van der Waals surface area contributed by atoms with E-state index in [2.05, 4.69) is 26.6 Å². The lowest BCUT2D eigenvalue weighted by Crippen LogP contribution is -2.25. The van der Waals surface area contributed by atoms with Crippen LogP contribution in [0.4, 0.5) is 5.69 Å². The Balaban J connectivity index is 1.92. The standard InChI is InChI=1S/C18H19BrN2O3/c1-24-12-2-11-20-17(22)13-3-5-14(6-4-13)18(23)21-16-9-7-15(19)8-10-16/h3-10H,2,11-12H2,1H3,(H,20,22)(H,21,23). The molecule has 0 aliphatic rings. The molecule has 2 rings (SSSR count). The lowest BCUT2D eigenvalue weighted by molar-refractivity contribution is 0.0947. The molecule has 5 nitrogen and oxygen atoms in total. The zero-order valence-corrected chi connectivity index (χ0v) is 14.9. The van der Waals surface area contributed by atoms with E-state index in [0.29, 0.717) is 30.0 Å². The fourth-order valence-corrected chi connectivity index (χ4v) is 2.29. The Kier molecular flexibility index (Phi) is 6.96. The van der Waals surface area contributed by atoms with Gasteiger partial charge in [0.25, 0.3) is 11.8 Å². The van der Waals surface area contributed by atoms with Crippen molar-refractivity contribution >= 4 is 33.4 Å². The van der Waals surface area contributed by atoms with Crippen LogP contribution in [-0.4, -0.2) is 32.1 Å². The molecule has 2 N–H and O–H groups in total. The molecule has 0 saturated carbocycles. The quantitative estimate of drug-likeness (QED) is 0.711. The van der Waals surface area contributed by atoms with Crippen molar-refractivity contribution in [3.63, 3.8) is 0 Å².